The number of carbonyl (C=O) groups excluding carboxylic acids is 1. The van der Waals surface area contributed by atoms with Gasteiger partial charge in [0.05, 0.1) is 17.3 Å². The van der Waals surface area contributed by atoms with E-state index in [0.717, 1.165) is 37.2 Å². The SMILES string of the molecule is O=C(c1cccc(F)c1)N1CCCC1c1nc2c(c(=O)[nH]1)CN(Cc1cccnc1)CC2. The van der Waals surface area contributed by atoms with Crippen LogP contribution < -0.4 is 5.56 Å². The van der Waals surface area contributed by atoms with E-state index in [0.29, 0.717) is 36.5 Å². The van der Waals surface area contributed by atoms with Crippen LogP contribution in [0, 0.1) is 5.82 Å². The summed E-state index contributed by atoms with van der Waals surface area (Å²) in [6, 6.07) is 9.34. The molecule has 0 saturated carbocycles. The molecule has 1 aromatic carbocycles. The van der Waals surface area contributed by atoms with Crippen molar-refractivity contribution in [2.24, 2.45) is 0 Å². The fourth-order valence-corrected chi connectivity index (χ4v) is 4.62. The minimum Gasteiger partial charge on any atom is -0.328 e. The van der Waals surface area contributed by atoms with E-state index < -0.39 is 5.82 Å². The number of halogens is 1. The Morgan fingerprint density at radius 3 is 2.94 bits per heavy atom. The van der Waals surface area contributed by atoms with Gasteiger partial charge in [0.2, 0.25) is 0 Å². The van der Waals surface area contributed by atoms with Crippen LogP contribution in [0.5, 0.6) is 0 Å². The number of nitrogens with zero attached hydrogens (tertiary/aromatic N) is 4. The average molecular weight is 433 g/mol. The summed E-state index contributed by atoms with van der Waals surface area (Å²) in [5, 5.41) is 0. The van der Waals surface area contributed by atoms with E-state index in [1.54, 1.807) is 17.2 Å². The summed E-state index contributed by atoms with van der Waals surface area (Å²) in [7, 11) is 0. The molecule has 8 heteroatoms. The summed E-state index contributed by atoms with van der Waals surface area (Å²) in [6.45, 7) is 2.62. The van der Waals surface area contributed by atoms with Gasteiger partial charge in [0.1, 0.15) is 11.6 Å². The predicted octanol–water partition coefficient (Wildman–Crippen LogP) is 2.84. The monoisotopic (exact) mass is 433 g/mol. The molecule has 0 spiro atoms. The predicted molar refractivity (Wildman–Crippen MR) is 116 cm³/mol. The molecule has 4 heterocycles. The molecule has 2 aliphatic rings. The van der Waals surface area contributed by atoms with Gasteiger partial charge in [0.15, 0.2) is 0 Å². The van der Waals surface area contributed by atoms with E-state index in [1.807, 2.05) is 18.3 Å². The van der Waals surface area contributed by atoms with E-state index in [2.05, 4.69) is 14.9 Å². The number of hydrogen-bond donors (Lipinski definition) is 1. The molecule has 1 fully saturated rings. The number of H-pyrrole nitrogens is 1. The summed E-state index contributed by atoms with van der Waals surface area (Å²) < 4.78 is 13.6. The number of hydrogen-bond acceptors (Lipinski definition) is 5. The normalized spacial score (nSPS) is 18.5. The quantitative estimate of drug-likeness (QED) is 0.684. The van der Waals surface area contributed by atoms with Crippen LogP contribution in [0.4, 0.5) is 4.39 Å². The lowest BCUT2D eigenvalue weighted by Gasteiger charge is -2.29. The summed E-state index contributed by atoms with van der Waals surface area (Å²) >= 11 is 0. The van der Waals surface area contributed by atoms with E-state index in [9.17, 15) is 14.0 Å². The van der Waals surface area contributed by atoms with Gasteiger partial charge >= 0.3 is 0 Å². The van der Waals surface area contributed by atoms with Crippen LogP contribution >= 0.6 is 0 Å². The lowest BCUT2D eigenvalue weighted by Crippen LogP contribution is -2.37. The van der Waals surface area contributed by atoms with Crippen LogP contribution in [0.3, 0.4) is 0 Å². The second-order valence-corrected chi connectivity index (χ2v) is 8.37. The van der Waals surface area contributed by atoms with Gasteiger partial charge < -0.3 is 9.88 Å². The minimum absolute atomic E-state index is 0.147. The van der Waals surface area contributed by atoms with Crippen molar-refractivity contribution in [1.82, 2.24) is 24.8 Å². The second-order valence-electron chi connectivity index (χ2n) is 8.37. The highest BCUT2D eigenvalue weighted by atomic mass is 19.1. The van der Waals surface area contributed by atoms with E-state index in [1.165, 1.54) is 18.2 Å². The highest BCUT2D eigenvalue weighted by molar-refractivity contribution is 5.94. The highest BCUT2D eigenvalue weighted by Gasteiger charge is 2.33. The number of carbonyl (C=O) groups is 1. The standard InChI is InChI=1S/C24H24FN5O2/c25-18-6-1-5-17(12-18)24(32)30-10-3-7-21(30)22-27-20-8-11-29(15-19(20)23(31)28-22)14-16-4-2-9-26-13-16/h1-2,4-6,9,12-13,21H,3,7-8,10-11,14-15H2,(H,27,28,31). The van der Waals surface area contributed by atoms with Gasteiger partial charge in [-0.3, -0.25) is 19.5 Å². The van der Waals surface area contributed by atoms with Crippen molar-refractivity contribution >= 4 is 5.91 Å². The van der Waals surface area contributed by atoms with Crippen molar-refractivity contribution in [1.29, 1.82) is 0 Å². The molecule has 1 N–H and O–H groups in total. The molecule has 1 unspecified atom stereocenters. The third-order valence-corrected chi connectivity index (χ3v) is 6.20. The van der Waals surface area contributed by atoms with Gasteiger partial charge in [-0.25, -0.2) is 9.37 Å². The molecule has 0 radical (unpaired) electrons. The van der Waals surface area contributed by atoms with Gasteiger partial charge in [0, 0.05) is 50.6 Å². The molecule has 0 bridgehead atoms. The van der Waals surface area contributed by atoms with E-state index in [4.69, 9.17) is 4.98 Å². The van der Waals surface area contributed by atoms with Crippen LogP contribution in [0.15, 0.2) is 53.6 Å². The summed E-state index contributed by atoms with van der Waals surface area (Å²) in [5.74, 6) is -0.158. The molecule has 5 rings (SSSR count). The smallest absolute Gasteiger partial charge is 0.255 e. The van der Waals surface area contributed by atoms with Crippen LogP contribution in [-0.4, -0.2) is 43.7 Å². The lowest BCUT2D eigenvalue weighted by molar-refractivity contribution is 0.0728. The first-order chi connectivity index (χ1) is 15.6. The van der Waals surface area contributed by atoms with E-state index >= 15 is 0 Å². The van der Waals surface area contributed by atoms with Crippen molar-refractivity contribution in [3.8, 4) is 0 Å². The maximum absolute atomic E-state index is 13.6. The number of benzene rings is 1. The van der Waals surface area contributed by atoms with Gasteiger partial charge in [0.25, 0.3) is 11.5 Å². The molecular formula is C24H24FN5O2. The van der Waals surface area contributed by atoms with Crippen molar-refractivity contribution < 1.29 is 9.18 Å². The Morgan fingerprint density at radius 2 is 2.12 bits per heavy atom. The zero-order valence-electron chi connectivity index (χ0n) is 17.6. The number of pyridine rings is 1. The highest BCUT2D eigenvalue weighted by Crippen LogP contribution is 2.31. The van der Waals surface area contributed by atoms with Crippen LogP contribution in [0.1, 0.15) is 51.9 Å². The average Bonchev–Trinajstić information content (AvgIpc) is 3.29. The largest absolute Gasteiger partial charge is 0.328 e. The zero-order chi connectivity index (χ0) is 22.1. The van der Waals surface area contributed by atoms with Gasteiger partial charge in [-0.1, -0.05) is 12.1 Å². The van der Waals surface area contributed by atoms with Crippen LogP contribution in [-0.2, 0) is 19.5 Å². The molecule has 1 saturated heterocycles. The Kier molecular flexibility index (Phi) is 5.53. The molecule has 2 aromatic heterocycles. The molecular weight excluding hydrogens is 409 g/mol. The minimum atomic E-state index is -0.442. The van der Waals surface area contributed by atoms with Gasteiger partial charge in [-0.2, -0.15) is 0 Å². The van der Waals surface area contributed by atoms with E-state index in [-0.39, 0.29) is 17.5 Å². The van der Waals surface area contributed by atoms with Crippen molar-refractivity contribution in [3.63, 3.8) is 0 Å². The Bertz CT molecular complexity index is 1200. The topological polar surface area (TPSA) is 82.2 Å². The fourth-order valence-electron chi connectivity index (χ4n) is 4.62. The third-order valence-electron chi connectivity index (χ3n) is 6.20. The Morgan fingerprint density at radius 1 is 1.22 bits per heavy atom. The first kappa shape index (κ1) is 20.5. The van der Waals surface area contributed by atoms with Crippen LogP contribution in [0.25, 0.3) is 0 Å². The molecule has 3 aromatic rings. The number of rotatable bonds is 4. The molecule has 0 aliphatic carbocycles. The molecule has 1 amide bonds. The number of amides is 1. The lowest BCUT2D eigenvalue weighted by atomic mass is 10.1. The second kappa shape index (κ2) is 8.63. The first-order valence-corrected chi connectivity index (χ1v) is 10.9. The van der Waals surface area contributed by atoms with Crippen molar-refractivity contribution in [2.75, 3.05) is 13.1 Å². The maximum Gasteiger partial charge on any atom is 0.255 e. The summed E-state index contributed by atoms with van der Waals surface area (Å²) in [4.78, 5) is 41.7. The maximum atomic E-state index is 13.6. The van der Waals surface area contributed by atoms with Crippen molar-refractivity contribution in [3.05, 3.63) is 93.2 Å². The number of aromatic amines is 1. The summed E-state index contributed by atoms with van der Waals surface area (Å²) in [6.07, 6.45) is 5.79. The molecule has 7 nitrogen and oxygen atoms in total. The fraction of sp³-hybridized carbons (Fsp3) is 0.333. The molecule has 1 atom stereocenters. The Hall–Kier alpha value is -3.39. The Balaban J connectivity index is 1.37. The number of nitrogens with one attached hydrogen (secondary N) is 1. The summed E-state index contributed by atoms with van der Waals surface area (Å²) in [5.41, 5.74) is 2.75. The van der Waals surface area contributed by atoms with Crippen LogP contribution in [0.2, 0.25) is 0 Å². The van der Waals surface area contributed by atoms with Gasteiger partial charge in [-0.05, 0) is 42.7 Å². The molecule has 32 heavy (non-hydrogen) atoms. The number of fused-ring (bicyclic) bond motifs is 1. The first-order valence-electron chi connectivity index (χ1n) is 10.9. The number of likely N-dealkylation sites (tertiary alicyclic amines) is 1. The third kappa shape index (κ3) is 4.05. The van der Waals surface area contributed by atoms with Gasteiger partial charge in [-0.15, -0.1) is 0 Å². The molecule has 164 valence electrons. The molecule has 2 aliphatic heterocycles. The van der Waals surface area contributed by atoms with Crippen molar-refractivity contribution in [2.45, 2.75) is 38.4 Å². The number of aromatic nitrogens is 3. The Labute approximate surface area is 184 Å². The zero-order valence-corrected chi connectivity index (χ0v) is 17.6.